The van der Waals surface area contributed by atoms with E-state index in [4.69, 9.17) is 4.74 Å². The van der Waals surface area contributed by atoms with Gasteiger partial charge in [-0.1, -0.05) is 6.92 Å². The molecule has 1 aromatic rings. The summed E-state index contributed by atoms with van der Waals surface area (Å²) in [6.45, 7) is 12.3. The van der Waals surface area contributed by atoms with Crippen molar-refractivity contribution in [3.8, 4) is 0 Å². The molecule has 2 saturated heterocycles. The second-order valence-electron chi connectivity index (χ2n) is 7.92. The standard InChI is InChI=1S/C19H32N4O3/c1-5-17-14(4)18(21-20-17)19(25)23-9-15(16(10-23)11-24)8-22-6-12(2)26-13(3)7-22/h12-13,15-16,24H,5-11H2,1-4H3,(H,20,21)/t12-,13+,15-,16-/m1/s1. The average Bonchev–Trinajstić information content (AvgIpc) is 3.16. The van der Waals surface area contributed by atoms with E-state index in [1.807, 2.05) is 18.7 Å². The average molecular weight is 364 g/mol. The topological polar surface area (TPSA) is 81.7 Å². The second kappa shape index (κ2) is 8.06. The Hall–Kier alpha value is -1.44. The molecule has 0 bridgehead atoms. The second-order valence-corrected chi connectivity index (χ2v) is 7.92. The Balaban J connectivity index is 1.66. The molecule has 7 nitrogen and oxygen atoms in total. The highest BCUT2D eigenvalue weighted by Gasteiger charge is 2.38. The van der Waals surface area contributed by atoms with Crippen molar-refractivity contribution in [2.75, 3.05) is 39.3 Å². The minimum absolute atomic E-state index is 0.0249. The zero-order chi connectivity index (χ0) is 18.8. The molecule has 26 heavy (non-hydrogen) atoms. The molecule has 0 radical (unpaired) electrons. The Labute approximate surface area is 155 Å². The molecule has 0 saturated carbocycles. The van der Waals surface area contributed by atoms with E-state index in [0.29, 0.717) is 18.8 Å². The summed E-state index contributed by atoms with van der Waals surface area (Å²) in [5.41, 5.74) is 2.48. The number of likely N-dealkylation sites (tertiary alicyclic amines) is 1. The fourth-order valence-corrected chi connectivity index (χ4v) is 4.42. The number of ether oxygens (including phenoxy) is 1. The number of amides is 1. The van der Waals surface area contributed by atoms with Gasteiger partial charge in [0.2, 0.25) is 0 Å². The predicted octanol–water partition coefficient (Wildman–Crippen LogP) is 1.07. The lowest BCUT2D eigenvalue weighted by Crippen LogP contribution is -2.48. The number of aryl methyl sites for hydroxylation is 1. The summed E-state index contributed by atoms with van der Waals surface area (Å²) in [5.74, 6) is 0.381. The van der Waals surface area contributed by atoms with Crippen LogP contribution in [0.25, 0.3) is 0 Å². The van der Waals surface area contributed by atoms with Crippen LogP contribution in [-0.2, 0) is 11.2 Å². The number of H-pyrrole nitrogens is 1. The molecular formula is C19H32N4O3. The van der Waals surface area contributed by atoms with Gasteiger partial charge in [0.25, 0.3) is 5.91 Å². The SMILES string of the molecule is CCc1[nH]nc(C(=O)N2C[C@@H](CN3C[C@@H](C)O[C@@H](C)C3)[C@@H](CO)C2)c1C. The van der Waals surface area contributed by atoms with Crippen LogP contribution >= 0.6 is 0 Å². The molecule has 2 N–H and O–H groups in total. The minimum Gasteiger partial charge on any atom is -0.396 e. The Morgan fingerprint density at radius 3 is 2.46 bits per heavy atom. The van der Waals surface area contributed by atoms with Crippen LogP contribution in [0.3, 0.4) is 0 Å². The van der Waals surface area contributed by atoms with E-state index >= 15 is 0 Å². The van der Waals surface area contributed by atoms with Gasteiger partial charge in [-0.2, -0.15) is 5.10 Å². The van der Waals surface area contributed by atoms with E-state index in [0.717, 1.165) is 37.3 Å². The minimum atomic E-state index is -0.0249. The number of nitrogens with zero attached hydrogens (tertiary/aromatic N) is 3. The quantitative estimate of drug-likeness (QED) is 0.817. The van der Waals surface area contributed by atoms with E-state index in [9.17, 15) is 9.90 Å². The van der Waals surface area contributed by atoms with Gasteiger partial charge >= 0.3 is 0 Å². The van der Waals surface area contributed by atoms with Crippen LogP contribution in [0, 0.1) is 18.8 Å². The molecule has 3 rings (SSSR count). The Morgan fingerprint density at radius 1 is 1.23 bits per heavy atom. The maximum absolute atomic E-state index is 12.9. The number of carbonyl (C=O) groups excluding carboxylic acids is 1. The molecule has 4 atom stereocenters. The molecule has 146 valence electrons. The Bertz CT molecular complexity index is 622. The van der Waals surface area contributed by atoms with Crippen LogP contribution in [0.5, 0.6) is 0 Å². The smallest absolute Gasteiger partial charge is 0.274 e. The summed E-state index contributed by atoms with van der Waals surface area (Å²) in [4.78, 5) is 17.2. The van der Waals surface area contributed by atoms with Crippen LogP contribution in [0.2, 0.25) is 0 Å². The largest absolute Gasteiger partial charge is 0.396 e. The molecule has 1 amide bonds. The van der Waals surface area contributed by atoms with Crippen LogP contribution in [0.15, 0.2) is 0 Å². The number of carbonyl (C=O) groups is 1. The summed E-state index contributed by atoms with van der Waals surface area (Å²) >= 11 is 0. The summed E-state index contributed by atoms with van der Waals surface area (Å²) in [5, 5.41) is 17.0. The van der Waals surface area contributed by atoms with E-state index in [2.05, 4.69) is 28.9 Å². The van der Waals surface area contributed by atoms with Crippen LogP contribution in [0.1, 0.15) is 42.5 Å². The van der Waals surface area contributed by atoms with Gasteiger partial charge in [0, 0.05) is 56.5 Å². The summed E-state index contributed by atoms with van der Waals surface area (Å²) in [7, 11) is 0. The van der Waals surface area contributed by atoms with Crippen molar-refractivity contribution < 1.29 is 14.6 Å². The summed E-state index contributed by atoms with van der Waals surface area (Å²) < 4.78 is 5.81. The molecule has 0 aliphatic carbocycles. The predicted molar refractivity (Wildman–Crippen MR) is 99.1 cm³/mol. The van der Waals surface area contributed by atoms with Crippen LogP contribution < -0.4 is 0 Å². The Morgan fingerprint density at radius 2 is 1.88 bits per heavy atom. The molecular weight excluding hydrogens is 332 g/mol. The van der Waals surface area contributed by atoms with Gasteiger partial charge in [0.15, 0.2) is 5.69 Å². The summed E-state index contributed by atoms with van der Waals surface area (Å²) in [6, 6.07) is 0. The third-order valence-electron chi connectivity index (χ3n) is 5.75. The van der Waals surface area contributed by atoms with Crippen LogP contribution in [0.4, 0.5) is 0 Å². The van der Waals surface area contributed by atoms with Crippen molar-refractivity contribution in [1.29, 1.82) is 0 Å². The number of morpholine rings is 1. The van der Waals surface area contributed by atoms with Gasteiger partial charge in [0.1, 0.15) is 0 Å². The van der Waals surface area contributed by atoms with Crippen molar-refractivity contribution in [2.45, 2.75) is 46.3 Å². The van der Waals surface area contributed by atoms with Crippen molar-refractivity contribution >= 4 is 5.91 Å². The molecule has 1 aromatic heterocycles. The highest BCUT2D eigenvalue weighted by Crippen LogP contribution is 2.27. The highest BCUT2D eigenvalue weighted by atomic mass is 16.5. The third kappa shape index (κ3) is 3.94. The zero-order valence-corrected chi connectivity index (χ0v) is 16.4. The number of aromatic amines is 1. The van der Waals surface area contributed by atoms with Crippen molar-refractivity contribution in [3.63, 3.8) is 0 Å². The molecule has 2 fully saturated rings. The van der Waals surface area contributed by atoms with Gasteiger partial charge in [-0.05, 0) is 33.1 Å². The lowest BCUT2D eigenvalue weighted by molar-refractivity contribution is -0.0726. The first kappa shape index (κ1) is 19.3. The van der Waals surface area contributed by atoms with Crippen LogP contribution in [-0.4, -0.2) is 82.5 Å². The van der Waals surface area contributed by atoms with Gasteiger partial charge in [-0.15, -0.1) is 0 Å². The molecule has 0 unspecified atom stereocenters. The molecule has 3 heterocycles. The Kier molecular flexibility index (Phi) is 5.99. The van der Waals surface area contributed by atoms with Crippen molar-refractivity contribution in [3.05, 3.63) is 17.0 Å². The maximum Gasteiger partial charge on any atom is 0.274 e. The molecule has 0 aromatic carbocycles. The molecule has 2 aliphatic rings. The van der Waals surface area contributed by atoms with Gasteiger partial charge < -0.3 is 14.7 Å². The van der Waals surface area contributed by atoms with Crippen molar-refractivity contribution in [1.82, 2.24) is 20.0 Å². The molecule has 0 spiro atoms. The normalized spacial score (nSPS) is 30.1. The van der Waals surface area contributed by atoms with Gasteiger partial charge in [0.05, 0.1) is 12.2 Å². The number of rotatable bonds is 5. The number of nitrogens with one attached hydrogen (secondary N) is 1. The van der Waals surface area contributed by atoms with Gasteiger partial charge in [-0.3, -0.25) is 14.8 Å². The lowest BCUT2D eigenvalue weighted by atomic mass is 9.96. The maximum atomic E-state index is 12.9. The monoisotopic (exact) mass is 364 g/mol. The lowest BCUT2D eigenvalue weighted by Gasteiger charge is -2.37. The van der Waals surface area contributed by atoms with E-state index in [1.165, 1.54) is 0 Å². The molecule has 7 heteroatoms. The molecule has 2 aliphatic heterocycles. The van der Waals surface area contributed by atoms with E-state index in [1.54, 1.807) is 0 Å². The first-order valence-electron chi connectivity index (χ1n) is 9.74. The number of aromatic nitrogens is 2. The first-order chi connectivity index (χ1) is 12.4. The fraction of sp³-hybridized carbons (Fsp3) is 0.789. The first-order valence-corrected chi connectivity index (χ1v) is 9.74. The number of aliphatic hydroxyl groups excluding tert-OH is 1. The number of aliphatic hydroxyl groups is 1. The number of hydrogen-bond donors (Lipinski definition) is 2. The van der Waals surface area contributed by atoms with E-state index in [-0.39, 0.29) is 36.6 Å². The van der Waals surface area contributed by atoms with Crippen molar-refractivity contribution in [2.24, 2.45) is 11.8 Å². The fourth-order valence-electron chi connectivity index (χ4n) is 4.42. The zero-order valence-electron chi connectivity index (χ0n) is 16.4. The summed E-state index contributed by atoms with van der Waals surface area (Å²) in [6.07, 6.45) is 1.29. The van der Waals surface area contributed by atoms with E-state index < -0.39 is 0 Å². The van der Waals surface area contributed by atoms with Gasteiger partial charge in [-0.25, -0.2) is 0 Å². The number of hydrogen-bond acceptors (Lipinski definition) is 5. The third-order valence-corrected chi connectivity index (χ3v) is 5.75. The highest BCUT2D eigenvalue weighted by molar-refractivity contribution is 5.94.